The Balaban J connectivity index is 2.43. The minimum Gasteiger partial charge on any atom is -0.318 e. The first kappa shape index (κ1) is 14.8. The van der Waals surface area contributed by atoms with Crippen LogP contribution >= 0.6 is 0 Å². The quantitative estimate of drug-likeness (QED) is 0.492. The van der Waals surface area contributed by atoms with E-state index in [0.29, 0.717) is 5.56 Å². The zero-order valence-corrected chi connectivity index (χ0v) is 11.8. The molecule has 0 aliphatic rings. The third-order valence-electron chi connectivity index (χ3n) is 3.24. The Labute approximate surface area is 120 Å². The summed E-state index contributed by atoms with van der Waals surface area (Å²) >= 11 is 0. The first-order valence-corrected chi connectivity index (χ1v) is 6.46. The number of para-hydroxylation sites is 1. The van der Waals surface area contributed by atoms with E-state index in [2.05, 4.69) is 5.43 Å². The van der Waals surface area contributed by atoms with Crippen LogP contribution in [0.3, 0.4) is 0 Å². The van der Waals surface area contributed by atoms with Gasteiger partial charge in [-0.05, 0) is 13.8 Å². The normalized spacial score (nSPS) is 10.9. The molecule has 1 heterocycles. The van der Waals surface area contributed by atoms with E-state index in [1.54, 1.807) is 29.1 Å². The molecule has 0 atom stereocenters. The predicted octanol–water partition coefficient (Wildman–Crippen LogP) is 1.47. The average Bonchev–Trinajstić information content (AvgIpc) is 2.80. The lowest BCUT2D eigenvalue weighted by Crippen LogP contribution is -2.26. The van der Waals surface area contributed by atoms with Gasteiger partial charge in [0.2, 0.25) is 0 Å². The first-order chi connectivity index (χ1) is 9.95. The minimum atomic E-state index is -0.513. The minimum absolute atomic E-state index is 0.0518. The number of nitrogens with zero attached hydrogens (tertiary/aromatic N) is 3. The molecule has 0 radical (unpaired) electrons. The number of nitrogens with one attached hydrogen (secondary N) is 1. The second-order valence-electron chi connectivity index (χ2n) is 4.92. The van der Waals surface area contributed by atoms with Crippen molar-refractivity contribution in [3.63, 3.8) is 0 Å². The molecule has 2 rings (SSSR count). The molecule has 0 aliphatic carbocycles. The first-order valence-electron chi connectivity index (χ1n) is 6.46. The van der Waals surface area contributed by atoms with Crippen LogP contribution in [-0.4, -0.2) is 14.1 Å². The molecule has 1 aromatic carbocycles. The van der Waals surface area contributed by atoms with Gasteiger partial charge in [0.15, 0.2) is 0 Å². The lowest BCUT2D eigenvalue weighted by atomic mass is 10.1. The Bertz CT molecular complexity index is 717. The highest BCUT2D eigenvalue weighted by atomic mass is 16.6. The second kappa shape index (κ2) is 5.80. The molecule has 0 unspecified atom stereocenters. The van der Waals surface area contributed by atoms with Crippen LogP contribution in [0.25, 0.3) is 0 Å². The highest BCUT2D eigenvalue weighted by molar-refractivity contribution is 5.65. The van der Waals surface area contributed by atoms with Gasteiger partial charge in [0, 0.05) is 30.1 Å². The van der Waals surface area contributed by atoms with Gasteiger partial charge in [-0.2, -0.15) is 0 Å². The predicted molar refractivity (Wildman–Crippen MR) is 79.1 cm³/mol. The fourth-order valence-corrected chi connectivity index (χ4v) is 2.16. The molecule has 8 nitrogen and oxygen atoms in total. The van der Waals surface area contributed by atoms with Gasteiger partial charge in [-0.3, -0.25) is 25.1 Å². The number of nitrogen functional groups attached to an aromatic ring is 1. The Morgan fingerprint density at radius 2 is 2.10 bits per heavy atom. The van der Waals surface area contributed by atoms with Gasteiger partial charge in [-0.25, -0.2) is 4.79 Å². The van der Waals surface area contributed by atoms with E-state index < -0.39 is 4.92 Å². The molecule has 0 aliphatic heterocycles. The molecular formula is C13H17N5O3. The standard InChI is InChI=1S/C13H17N5O3/c1-9(2)17-7-6-16(13(17)19)8-10-4-3-5-11(18(20)21)12(10)15-14/h3-7,9,15H,8,14H2,1-2H3. The third-order valence-corrected chi connectivity index (χ3v) is 3.24. The largest absolute Gasteiger partial charge is 0.328 e. The number of anilines is 1. The fraction of sp³-hybridized carbons (Fsp3) is 0.308. The van der Waals surface area contributed by atoms with E-state index in [9.17, 15) is 14.9 Å². The number of nitrogens with two attached hydrogens (primary N) is 1. The van der Waals surface area contributed by atoms with Gasteiger partial charge in [0.25, 0.3) is 5.69 Å². The second-order valence-corrected chi connectivity index (χ2v) is 4.92. The number of hydrogen-bond acceptors (Lipinski definition) is 5. The summed E-state index contributed by atoms with van der Waals surface area (Å²) in [7, 11) is 0. The summed E-state index contributed by atoms with van der Waals surface area (Å²) in [5, 5.41) is 11.0. The maximum Gasteiger partial charge on any atom is 0.328 e. The van der Waals surface area contributed by atoms with E-state index in [0.717, 1.165) is 0 Å². The van der Waals surface area contributed by atoms with Crippen molar-refractivity contribution in [3.05, 3.63) is 56.8 Å². The molecule has 0 saturated carbocycles. The number of aromatic nitrogens is 2. The van der Waals surface area contributed by atoms with Crippen molar-refractivity contribution in [2.24, 2.45) is 5.84 Å². The number of hydrogen-bond donors (Lipinski definition) is 2. The number of hydrazine groups is 1. The molecule has 2 aromatic rings. The number of imidazole rings is 1. The highest BCUT2D eigenvalue weighted by Crippen LogP contribution is 2.27. The average molecular weight is 291 g/mol. The smallest absolute Gasteiger partial charge is 0.318 e. The monoisotopic (exact) mass is 291 g/mol. The summed E-state index contributed by atoms with van der Waals surface area (Å²) in [4.78, 5) is 22.6. The van der Waals surface area contributed by atoms with E-state index in [4.69, 9.17) is 5.84 Å². The van der Waals surface area contributed by atoms with Gasteiger partial charge in [-0.15, -0.1) is 0 Å². The van der Waals surface area contributed by atoms with E-state index in [-0.39, 0.29) is 29.7 Å². The van der Waals surface area contributed by atoms with Crippen LogP contribution < -0.4 is 17.0 Å². The molecule has 8 heteroatoms. The lowest BCUT2D eigenvalue weighted by Gasteiger charge is -2.10. The lowest BCUT2D eigenvalue weighted by molar-refractivity contribution is -0.384. The van der Waals surface area contributed by atoms with Crippen molar-refractivity contribution in [2.45, 2.75) is 26.4 Å². The van der Waals surface area contributed by atoms with Gasteiger partial charge in [-0.1, -0.05) is 12.1 Å². The fourth-order valence-electron chi connectivity index (χ4n) is 2.16. The van der Waals surface area contributed by atoms with Gasteiger partial charge < -0.3 is 5.43 Å². The number of benzene rings is 1. The Hall–Kier alpha value is -2.61. The van der Waals surface area contributed by atoms with Crippen LogP contribution in [0.5, 0.6) is 0 Å². The van der Waals surface area contributed by atoms with Crippen LogP contribution in [0, 0.1) is 10.1 Å². The number of rotatable bonds is 5. The Morgan fingerprint density at radius 1 is 1.38 bits per heavy atom. The van der Waals surface area contributed by atoms with Gasteiger partial charge >= 0.3 is 5.69 Å². The van der Waals surface area contributed by atoms with Crippen molar-refractivity contribution in [1.29, 1.82) is 0 Å². The van der Waals surface area contributed by atoms with Crippen molar-refractivity contribution >= 4 is 11.4 Å². The van der Waals surface area contributed by atoms with Gasteiger partial charge in [0.05, 0.1) is 11.5 Å². The maximum atomic E-state index is 12.2. The van der Waals surface area contributed by atoms with Crippen molar-refractivity contribution in [3.8, 4) is 0 Å². The summed E-state index contributed by atoms with van der Waals surface area (Å²) in [6.45, 7) is 4.03. The van der Waals surface area contributed by atoms with Crippen LogP contribution in [0.4, 0.5) is 11.4 Å². The summed E-state index contributed by atoms with van der Waals surface area (Å²) < 4.78 is 3.08. The Kier molecular flexibility index (Phi) is 4.08. The molecular weight excluding hydrogens is 274 g/mol. The zero-order chi connectivity index (χ0) is 15.6. The highest BCUT2D eigenvalue weighted by Gasteiger charge is 2.17. The molecule has 1 aromatic heterocycles. The number of nitro benzene ring substituents is 1. The molecule has 3 N–H and O–H groups in total. The summed E-state index contributed by atoms with van der Waals surface area (Å²) in [5.74, 6) is 5.39. The van der Waals surface area contributed by atoms with Crippen molar-refractivity contribution < 1.29 is 4.92 Å². The van der Waals surface area contributed by atoms with Crippen molar-refractivity contribution in [2.75, 3.05) is 5.43 Å². The molecule has 0 amide bonds. The SMILES string of the molecule is CC(C)n1ccn(Cc2cccc([N+](=O)[O-])c2NN)c1=O. The van der Waals surface area contributed by atoms with Crippen LogP contribution in [0.1, 0.15) is 25.5 Å². The van der Waals surface area contributed by atoms with Crippen LogP contribution in [0.15, 0.2) is 35.4 Å². The van der Waals surface area contributed by atoms with E-state index >= 15 is 0 Å². The zero-order valence-electron chi connectivity index (χ0n) is 11.8. The van der Waals surface area contributed by atoms with Crippen LogP contribution in [0.2, 0.25) is 0 Å². The topological polar surface area (TPSA) is 108 Å². The maximum absolute atomic E-state index is 12.2. The van der Waals surface area contributed by atoms with Crippen LogP contribution in [-0.2, 0) is 6.54 Å². The molecule has 0 spiro atoms. The summed E-state index contributed by atoms with van der Waals surface area (Å²) in [5.41, 5.74) is 2.86. The van der Waals surface area contributed by atoms with E-state index in [1.807, 2.05) is 13.8 Å². The Morgan fingerprint density at radius 3 is 2.62 bits per heavy atom. The summed E-state index contributed by atoms with van der Waals surface area (Å²) in [6, 6.07) is 4.68. The summed E-state index contributed by atoms with van der Waals surface area (Å²) in [6.07, 6.45) is 3.35. The van der Waals surface area contributed by atoms with Crippen molar-refractivity contribution in [1.82, 2.24) is 9.13 Å². The van der Waals surface area contributed by atoms with E-state index in [1.165, 1.54) is 10.6 Å². The molecule has 21 heavy (non-hydrogen) atoms. The molecule has 112 valence electrons. The molecule has 0 saturated heterocycles. The third kappa shape index (κ3) is 2.79. The molecule has 0 bridgehead atoms. The van der Waals surface area contributed by atoms with Gasteiger partial charge in [0.1, 0.15) is 5.69 Å². The molecule has 0 fully saturated rings. The number of nitro groups is 1.